The van der Waals surface area contributed by atoms with Gasteiger partial charge in [0, 0.05) is 12.6 Å². The van der Waals surface area contributed by atoms with Gasteiger partial charge >= 0.3 is 0 Å². The largest absolute Gasteiger partial charge is 0.384 e. The van der Waals surface area contributed by atoms with Gasteiger partial charge in [0.25, 0.3) is 0 Å². The topological polar surface area (TPSA) is 38.4 Å². The smallest absolute Gasteiger partial charge is 0.125 e. The summed E-state index contributed by atoms with van der Waals surface area (Å²) in [7, 11) is 1.71. The first-order valence-electron chi connectivity index (χ1n) is 4.36. The Bertz CT molecular complexity index is 351. The number of rotatable bonds is 1. The summed E-state index contributed by atoms with van der Waals surface area (Å²) in [5, 5.41) is 0. The van der Waals surface area contributed by atoms with Crippen LogP contribution in [0.4, 0.5) is 0 Å². The SMILES string of the molecule is CN=C(N)c1cc(C)c(C)cc1C. The van der Waals surface area contributed by atoms with E-state index < -0.39 is 0 Å². The molecule has 0 fully saturated rings. The Morgan fingerprint density at radius 2 is 1.62 bits per heavy atom. The van der Waals surface area contributed by atoms with Crippen LogP contribution in [0, 0.1) is 20.8 Å². The summed E-state index contributed by atoms with van der Waals surface area (Å²) in [5.74, 6) is 0.612. The molecule has 2 N–H and O–H groups in total. The normalized spacial score (nSPS) is 11.8. The van der Waals surface area contributed by atoms with Crippen molar-refractivity contribution in [3.8, 4) is 0 Å². The predicted molar refractivity (Wildman–Crippen MR) is 57.3 cm³/mol. The monoisotopic (exact) mass is 176 g/mol. The summed E-state index contributed by atoms with van der Waals surface area (Å²) in [6.07, 6.45) is 0. The molecule has 0 saturated carbocycles. The molecule has 0 amide bonds. The van der Waals surface area contributed by atoms with E-state index in [1.54, 1.807) is 7.05 Å². The molecule has 0 saturated heterocycles. The second-order valence-corrected chi connectivity index (χ2v) is 3.36. The number of hydrogen-bond donors (Lipinski definition) is 1. The van der Waals surface area contributed by atoms with Gasteiger partial charge < -0.3 is 5.73 Å². The van der Waals surface area contributed by atoms with Crippen LogP contribution in [0.5, 0.6) is 0 Å². The van der Waals surface area contributed by atoms with Crippen molar-refractivity contribution in [2.24, 2.45) is 10.7 Å². The molecule has 2 heteroatoms. The number of nitrogens with two attached hydrogens (primary N) is 1. The lowest BCUT2D eigenvalue weighted by Gasteiger charge is -2.08. The van der Waals surface area contributed by atoms with E-state index in [0.717, 1.165) is 5.56 Å². The zero-order valence-corrected chi connectivity index (χ0v) is 8.68. The molecular weight excluding hydrogens is 160 g/mol. The van der Waals surface area contributed by atoms with Gasteiger partial charge in [0.1, 0.15) is 5.84 Å². The van der Waals surface area contributed by atoms with Crippen molar-refractivity contribution < 1.29 is 0 Å². The van der Waals surface area contributed by atoms with Crippen LogP contribution in [-0.4, -0.2) is 12.9 Å². The quantitative estimate of drug-likeness (QED) is 0.515. The summed E-state index contributed by atoms with van der Waals surface area (Å²) < 4.78 is 0. The van der Waals surface area contributed by atoms with Gasteiger partial charge in [-0.15, -0.1) is 0 Å². The van der Waals surface area contributed by atoms with Crippen LogP contribution in [0.3, 0.4) is 0 Å². The zero-order valence-electron chi connectivity index (χ0n) is 8.68. The first kappa shape index (κ1) is 9.78. The highest BCUT2D eigenvalue weighted by Gasteiger charge is 2.04. The first-order valence-corrected chi connectivity index (χ1v) is 4.36. The van der Waals surface area contributed by atoms with Crippen LogP contribution in [0.1, 0.15) is 22.3 Å². The number of aliphatic imine (C=N–C) groups is 1. The fraction of sp³-hybridized carbons (Fsp3) is 0.364. The average molecular weight is 176 g/mol. The molecule has 70 valence electrons. The minimum atomic E-state index is 0.612. The summed E-state index contributed by atoms with van der Waals surface area (Å²) in [5.41, 5.74) is 10.6. The molecule has 0 unspecified atom stereocenters. The molecule has 0 heterocycles. The highest BCUT2D eigenvalue weighted by atomic mass is 14.8. The summed E-state index contributed by atoms with van der Waals surface area (Å²) in [6.45, 7) is 6.24. The summed E-state index contributed by atoms with van der Waals surface area (Å²) >= 11 is 0. The third kappa shape index (κ3) is 1.89. The van der Waals surface area contributed by atoms with E-state index in [-0.39, 0.29) is 0 Å². The Kier molecular flexibility index (Phi) is 2.71. The lowest BCUT2D eigenvalue weighted by Crippen LogP contribution is -2.14. The van der Waals surface area contributed by atoms with Gasteiger partial charge in [0.2, 0.25) is 0 Å². The number of benzene rings is 1. The van der Waals surface area contributed by atoms with Gasteiger partial charge in [0.15, 0.2) is 0 Å². The van der Waals surface area contributed by atoms with Crippen LogP contribution in [0.15, 0.2) is 17.1 Å². The van der Waals surface area contributed by atoms with Crippen LogP contribution in [0.25, 0.3) is 0 Å². The summed E-state index contributed by atoms with van der Waals surface area (Å²) in [4.78, 5) is 3.98. The Labute approximate surface area is 79.5 Å². The van der Waals surface area contributed by atoms with E-state index >= 15 is 0 Å². The summed E-state index contributed by atoms with van der Waals surface area (Å²) in [6, 6.07) is 4.23. The Morgan fingerprint density at radius 1 is 1.08 bits per heavy atom. The maximum absolute atomic E-state index is 5.76. The van der Waals surface area contributed by atoms with Crippen LogP contribution in [0.2, 0.25) is 0 Å². The Balaban J connectivity index is 3.32. The van der Waals surface area contributed by atoms with E-state index in [0.29, 0.717) is 5.84 Å². The van der Waals surface area contributed by atoms with Gasteiger partial charge in [-0.2, -0.15) is 0 Å². The van der Waals surface area contributed by atoms with E-state index in [4.69, 9.17) is 5.73 Å². The van der Waals surface area contributed by atoms with Crippen molar-refractivity contribution >= 4 is 5.84 Å². The molecule has 1 rings (SSSR count). The van der Waals surface area contributed by atoms with E-state index in [9.17, 15) is 0 Å². The van der Waals surface area contributed by atoms with Crippen molar-refractivity contribution in [2.45, 2.75) is 20.8 Å². The minimum absolute atomic E-state index is 0.612. The lowest BCUT2D eigenvalue weighted by molar-refractivity contribution is 1.27. The lowest BCUT2D eigenvalue weighted by atomic mass is 10.0. The third-order valence-corrected chi connectivity index (χ3v) is 2.36. The fourth-order valence-corrected chi connectivity index (χ4v) is 1.36. The number of aryl methyl sites for hydroxylation is 3. The van der Waals surface area contributed by atoms with Gasteiger partial charge in [0.05, 0.1) is 0 Å². The fourth-order valence-electron chi connectivity index (χ4n) is 1.36. The van der Waals surface area contributed by atoms with Crippen molar-refractivity contribution in [3.05, 3.63) is 34.4 Å². The number of nitrogens with zero attached hydrogens (tertiary/aromatic N) is 1. The molecule has 1 aromatic rings. The average Bonchev–Trinajstić information content (AvgIpc) is 2.10. The van der Waals surface area contributed by atoms with Crippen molar-refractivity contribution in [3.63, 3.8) is 0 Å². The van der Waals surface area contributed by atoms with E-state index in [1.807, 2.05) is 0 Å². The molecule has 0 spiro atoms. The van der Waals surface area contributed by atoms with Gasteiger partial charge in [-0.25, -0.2) is 0 Å². The van der Waals surface area contributed by atoms with Crippen molar-refractivity contribution in [2.75, 3.05) is 7.05 Å². The molecule has 0 aromatic heterocycles. The minimum Gasteiger partial charge on any atom is -0.384 e. The first-order chi connectivity index (χ1) is 6.06. The van der Waals surface area contributed by atoms with Gasteiger partial charge in [-0.3, -0.25) is 4.99 Å². The molecule has 0 radical (unpaired) electrons. The third-order valence-electron chi connectivity index (χ3n) is 2.36. The Morgan fingerprint density at radius 3 is 2.15 bits per heavy atom. The second kappa shape index (κ2) is 3.60. The van der Waals surface area contributed by atoms with Gasteiger partial charge in [-0.05, 0) is 43.5 Å². The predicted octanol–water partition coefficient (Wildman–Crippen LogP) is 1.95. The Hall–Kier alpha value is -1.31. The van der Waals surface area contributed by atoms with E-state index in [1.165, 1.54) is 16.7 Å². The highest BCUT2D eigenvalue weighted by Crippen LogP contribution is 2.14. The molecule has 0 aliphatic rings. The second-order valence-electron chi connectivity index (χ2n) is 3.36. The molecule has 1 aromatic carbocycles. The maximum Gasteiger partial charge on any atom is 0.125 e. The molecule has 13 heavy (non-hydrogen) atoms. The standard InChI is InChI=1S/C11H16N2/c1-7-5-9(3)10(6-8(7)2)11(12)13-4/h5-6H,1-4H3,(H2,12,13). The zero-order chi connectivity index (χ0) is 10.0. The molecular formula is C11H16N2. The van der Waals surface area contributed by atoms with Crippen LogP contribution >= 0.6 is 0 Å². The molecule has 0 aliphatic carbocycles. The van der Waals surface area contributed by atoms with Crippen LogP contribution in [-0.2, 0) is 0 Å². The molecule has 0 bridgehead atoms. The number of amidine groups is 1. The van der Waals surface area contributed by atoms with Crippen molar-refractivity contribution in [1.82, 2.24) is 0 Å². The highest BCUT2D eigenvalue weighted by molar-refractivity contribution is 5.98. The molecule has 0 atom stereocenters. The van der Waals surface area contributed by atoms with Crippen molar-refractivity contribution in [1.29, 1.82) is 0 Å². The molecule has 0 aliphatic heterocycles. The van der Waals surface area contributed by atoms with Gasteiger partial charge in [-0.1, -0.05) is 6.07 Å². The molecule has 2 nitrogen and oxygen atoms in total. The van der Waals surface area contributed by atoms with E-state index in [2.05, 4.69) is 37.9 Å². The van der Waals surface area contributed by atoms with Crippen LogP contribution < -0.4 is 5.73 Å². The maximum atomic E-state index is 5.76. The number of hydrogen-bond acceptors (Lipinski definition) is 1.